The van der Waals surface area contributed by atoms with E-state index in [1.165, 1.54) is 36.0 Å². The van der Waals surface area contributed by atoms with E-state index in [1.807, 2.05) is 12.1 Å². The Morgan fingerprint density at radius 2 is 1.97 bits per heavy atom. The van der Waals surface area contributed by atoms with Gasteiger partial charge >= 0.3 is 0 Å². The van der Waals surface area contributed by atoms with Crippen molar-refractivity contribution in [2.24, 2.45) is 11.3 Å². The molecule has 0 saturated heterocycles. The molecule has 0 amide bonds. The van der Waals surface area contributed by atoms with E-state index in [4.69, 9.17) is 0 Å². The molecular weight excluding hydrogens is 452 g/mol. The zero-order chi connectivity index (χ0) is 22.4. The Bertz CT molecular complexity index is 1000. The largest absolute Gasteiger partial charge is 0.379 e. The fourth-order valence-electron chi connectivity index (χ4n) is 6.32. The molecule has 0 spiro atoms. The highest BCUT2D eigenvalue weighted by Gasteiger charge is 2.51. The smallest absolute Gasteiger partial charge is 0.293 e. The Morgan fingerprint density at radius 3 is 2.68 bits per heavy atom. The van der Waals surface area contributed by atoms with Crippen LogP contribution in [0.15, 0.2) is 40.9 Å². The quantitative estimate of drug-likeness (QED) is 0.350. The van der Waals surface area contributed by atoms with Gasteiger partial charge in [0.2, 0.25) is 0 Å². The Kier molecular flexibility index (Phi) is 5.93. The van der Waals surface area contributed by atoms with Crippen LogP contribution in [0.3, 0.4) is 0 Å². The lowest BCUT2D eigenvalue weighted by molar-refractivity contribution is -0.384. The highest BCUT2D eigenvalue weighted by Crippen LogP contribution is 2.57. The standard InChI is InChI=1S/C26H33BrN2O2/c1-17(2)18-6-9-21-19(14-18)7-11-24-25(3,12-5-13-26(21,24)4)16-28-22-10-8-20(27)15-23(22)29(30)31/h6,8-10,14-15,17,24,28H,5,7,11-13,16H2,1-4H3/t24-,25+,26+/m0/s1. The van der Waals surface area contributed by atoms with E-state index in [1.54, 1.807) is 6.07 Å². The molecule has 2 aliphatic carbocycles. The van der Waals surface area contributed by atoms with Gasteiger partial charge in [-0.25, -0.2) is 0 Å². The third-order valence-electron chi connectivity index (χ3n) is 8.01. The van der Waals surface area contributed by atoms with Crippen LogP contribution < -0.4 is 5.32 Å². The number of halogens is 1. The normalized spacial score (nSPS) is 27.5. The van der Waals surface area contributed by atoms with Gasteiger partial charge in [-0.3, -0.25) is 10.1 Å². The molecule has 1 fully saturated rings. The van der Waals surface area contributed by atoms with Gasteiger partial charge in [0, 0.05) is 17.1 Å². The number of nitro benzene ring substituents is 1. The highest BCUT2D eigenvalue weighted by molar-refractivity contribution is 9.10. The van der Waals surface area contributed by atoms with Crippen molar-refractivity contribution in [3.8, 4) is 0 Å². The molecule has 2 aromatic carbocycles. The molecule has 31 heavy (non-hydrogen) atoms. The molecule has 1 saturated carbocycles. The fraction of sp³-hybridized carbons (Fsp3) is 0.538. The van der Waals surface area contributed by atoms with Crippen LogP contribution in [-0.4, -0.2) is 11.5 Å². The zero-order valence-corrected chi connectivity index (χ0v) is 20.6. The van der Waals surface area contributed by atoms with Crippen LogP contribution in [0.2, 0.25) is 0 Å². The van der Waals surface area contributed by atoms with Crippen LogP contribution in [0.25, 0.3) is 0 Å². The molecule has 166 valence electrons. The second-order valence-corrected chi connectivity index (χ2v) is 11.3. The van der Waals surface area contributed by atoms with Gasteiger partial charge in [0.05, 0.1) is 4.92 Å². The van der Waals surface area contributed by atoms with Gasteiger partial charge in [-0.05, 0) is 77.2 Å². The predicted octanol–water partition coefficient (Wildman–Crippen LogP) is 7.60. The first-order chi connectivity index (χ1) is 14.6. The van der Waals surface area contributed by atoms with Crippen molar-refractivity contribution < 1.29 is 4.92 Å². The molecule has 4 nitrogen and oxygen atoms in total. The molecule has 0 aromatic heterocycles. The molecule has 2 aromatic rings. The van der Waals surface area contributed by atoms with E-state index in [-0.39, 0.29) is 21.4 Å². The van der Waals surface area contributed by atoms with Gasteiger partial charge in [0.15, 0.2) is 0 Å². The van der Waals surface area contributed by atoms with Crippen molar-refractivity contribution in [1.29, 1.82) is 0 Å². The van der Waals surface area contributed by atoms with Gasteiger partial charge in [-0.2, -0.15) is 0 Å². The summed E-state index contributed by atoms with van der Waals surface area (Å²) in [6.07, 6.45) is 5.89. The number of benzene rings is 2. The maximum Gasteiger partial charge on any atom is 0.293 e. The molecule has 3 atom stereocenters. The Labute approximate surface area is 194 Å². The van der Waals surface area contributed by atoms with Gasteiger partial charge in [-0.1, -0.05) is 68.2 Å². The molecular formula is C26H33BrN2O2. The maximum atomic E-state index is 11.5. The summed E-state index contributed by atoms with van der Waals surface area (Å²) in [5.74, 6) is 1.12. The van der Waals surface area contributed by atoms with Crippen molar-refractivity contribution >= 4 is 27.3 Å². The molecule has 0 radical (unpaired) electrons. The van der Waals surface area contributed by atoms with E-state index in [9.17, 15) is 10.1 Å². The molecule has 1 N–H and O–H groups in total. The number of hydrogen-bond acceptors (Lipinski definition) is 3. The van der Waals surface area contributed by atoms with Gasteiger partial charge in [-0.15, -0.1) is 0 Å². The van der Waals surface area contributed by atoms with Gasteiger partial charge in [0.25, 0.3) is 5.69 Å². The van der Waals surface area contributed by atoms with Crippen LogP contribution >= 0.6 is 15.9 Å². The van der Waals surface area contributed by atoms with E-state index >= 15 is 0 Å². The Hall–Kier alpha value is -1.88. The van der Waals surface area contributed by atoms with Crippen LogP contribution in [0.5, 0.6) is 0 Å². The van der Waals surface area contributed by atoms with Gasteiger partial charge < -0.3 is 5.32 Å². The number of rotatable bonds is 5. The van der Waals surface area contributed by atoms with Crippen LogP contribution in [0.4, 0.5) is 11.4 Å². The molecule has 4 rings (SSSR count). The lowest BCUT2D eigenvalue weighted by Gasteiger charge is -2.55. The zero-order valence-electron chi connectivity index (χ0n) is 19.0. The molecule has 0 heterocycles. The summed E-state index contributed by atoms with van der Waals surface area (Å²) in [5.41, 5.74) is 5.51. The van der Waals surface area contributed by atoms with Crippen LogP contribution in [0, 0.1) is 21.4 Å². The van der Waals surface area contributed by atoms with Crippen molar-refractivity contribution in [3.63, 3.8) is 0 Å². The second-order valence-electron chi connectivity index (χ2n) is 10.4. The molecule has 2 aliphatic rings. The van der Waals surface area contributed by atoms with Crippen molar-refractivity contribution in [2.45, 2.75) is 71.1 Å². The van der Waals surface area contributed by atoms with E-state index in [0.717, 1.165) is 23.9 Å². The highest BCUT2D eigenvalue weighted by atomic mass is 79.9. The summed E-state index contributed by atoms with van der Waals surface area (Å²) in [6.45, 7) is 10.1. The van der Waals surface area contributed by atoms with Crippen LogP contribution in [-0.2, 0) is 11.8 Å². The number of nitrogens with zero attached hydrogens (tertiary/aromatic N) is 1. The van der Waals surface area contributed by atoms with Crippen molar-refractivity contribution in [1.82, 2.24) is 0 Å². The predicted molar refractivity (Wildman–Crippen MR) is 131 cm³/mol. The summed E-state index contributed by atoms with van der Waals surface area (Å²) in [4.78, 5) is 11.2. The van der Waals surface area contributed by atoms with E-state index in [2.05, 4.69) is 67.1 Å². The maximum absolute atomic E-state index is 11.5. The number of aryl methyl sites for hydroxylation is 1. The average Bonchev–Trinajstić information content (AvgIpc) is 2.72. The minimum Gasteiger partial charge on any atom is -0.379 e. The minimum atomic E-state index is -0.302. The first-order valence-corrected chi connectivity index (χ1v) is 12.2. The summed E-state index contributed by atoms with van der Waals surface area (Å²) in [7, 11) is 0. The number of hydrogen-bond donors (Lipinski definition) is 1. The van der Waals surface area contributed by atoms with E-state index < -0.39 is 0 Å². The summed E-state index contributed by atoms with van der Waals surface area (Å²) in [6, 6.07) is 12.4. The summed E-state index contributed by atoms with van der Waals surface area (Å²) >= 11 is 3.35. The third kappa shape index (κ3) is 4.02. The number of nitrogens with one attached hydrogen (secondary N) is 1. The number of nitro groups is 1. The van der Waals surface area contributed by atoms with Crippen molar-refractivity contribution in [3.05, 3.63) is 67.7 Å². The SMILES string of the molecule is CC(C)c1ccc2c(c1)CC[C@H]1[C@@](C)(CNc3ccc(Br)cc3[N+](=O)[O-])CCC[C@]21C. The summed E-state index contributed by atoms with van der Waals surface area (Å²) in [5, 5.41) is 15.0. The molecule has 0 unspecified atom stereocenters. The van der Waals surface area contributed by atoms with Crippen molar-refractivity contribution in [2.75, 3.05) is 11.9 Å². The second kappa shape index (κ2) is 8.23. The Balaban J connectivity index is 1.62. The molecule has 5 heteroatoms. The van der Waals surface area contributed by atoms with Crippen LogP contribution in [0.1, 0.15) is 76.0 Å². The lowest BCUT2D eigenvalue weighted by atomic mass is 9.49. The number of fused-ring (bicyclic) bond motifs is 3. The fourth-order valence-corrected chi connectivity index (χ4v) is 6.67. The minimum absolute atomic E-state index is 0.0996. The lowest BCUT2D eigenvalue weighted by Crippen LogP contribution is -2.51. The molecule has 0 aliphatic heterocycles. The first kappa shape index (κ1) is 22.3. The van der Waals surface area contributed by atoms with Gasteiger partial charge in [0.1, 0.15) is 5.69 Å². The summed E-state index contributed by atoms with van der Waals surface area (Å²) < 4.78 is 0.728. The number of anilines is 1. The monoisotopic (exact) mass is 484 g/mol. The molecule has 0 bridgehead atoms. The topological polar surface area (TPSA) is 55.2 Å². The average molecular weight is 485 g/mol. The first-order valence-electron chi connectivity index (χ1n) is 11.5. The van der Waals surface area contributed by atoms with E-state index in [0.29, 0.717) is 17.5 Å². The third-order valence-corrected chi connectivity index (χ3v) is 8.50. The Morgan fingerprint density at radius 1 is 1.19 bits per heavy atom.